The Morgan fingerprint density at radius 3 is 2.83 bits per heavy atom. The lowest BCUT2D eigenvalue weighted by Crippen LogP contribution is -2.14. The third-order valence-corrected chi connectivity index (χ3v) is 2.65. The van der Waals surface area contributed by atoms with Crippen LogP contribution in [0.2, 0.25) is 0 Å². The lowest BCUT2D eigenvalue weighted by Gasteiger charge is -2.23. The van der Waals surface area contributed by atoms with E-state index in [0.29, 0.717) is 19.0 Å². The summed E-state index contributed by atoms with van der Waals surface area (Å²) in [7, 11) is 0. The first kappa shape index (κ1) is 9.30. The van der Waals surface area contributed by atoms with Crippen molar-refractivity contribution in [2.45, 2.75) is 33.1 Å². The first-order valence-corrected chi connectivity index (χ1v) is 4.44. The Labute approximate surface area is 73.6 Å². The van der Waals surface area contributed by atoms with E-state index in [1.165, 1.54) is 17.6 Å². The number of allylic oxidation sites excluding steroid dienone is 2. The van der Waals surface area contributed by atoms with Gasteiger partial charge in [0.15, 0.2) is 0 Å². The molecule has 0 heterocycles. The Kier molecular flexibility index (Phi) is 3.32. The molecule has 0 amide bonds. The van der Waals surface area contributed by atoms with Crippen molar-refractivity contribution in [3.05, 3.63) is 11.1 Å². The summed E-state index contributed by atoms with van der Waals surface area (Å²) in [5.41, 5.74) is 2.98. The maximum atomic E-state index is 9.96. The van der Waals surface area contributed by atoms with Crippen molar-refractivity contribution in [3.8, 4) is 0 Å². The van der Waals surface area contributed by atoms with Crippen molar-refractivity contribution in [1.29, 1.82) is 0 Å². The fourth-order valence-corrected chi connectivity index (χ4v) is 1.66. The summed E-state index contributed by atoms with van der Waals surface area (Å²) in [5.74, 6) is 0.555. The molecular weight excluding hydrogens is 152 g/mol. The van der Waals surface area contributed by atoms with Crippen molar-refractivity contribution < 1.29 is 9.53 Å². The van der Waals surface area contributed by atoms with E-state index in [2.05, 4.69) is 13.8 Å². The van der Waals surface area contributed by atoms with Gasteiger partial charge in [-0.05, 0) is 39.0 Å². The smallest absolute Gasteiger partial charge is 0.293 e. The number of rotatable bonds is 3. The first-order valence-electron chi connectivity index (χ1n) is 4.44. The van der Waals surface area contributed by atoms with E-state index in [4.69, 9.17) is 4.74 Å². The molecule has 1 aliphatic carbocycles. The van der Waals surface area contributed by atoms with E-state index in [9.17, 15) is 4.79 Å². The second-order valence-electron chi connectivity index (χ2n) is 3.60. The highest BCUT2D eigenvalue weighted by molar-refractivity contribution is 5.36. The van der Waals surface area contributed by atoms with Crippen molar-refractivity contribution in [2.24, 2.45) is 5.92 Å². The molecule has 1 aliphatic rings. The zero-order valence-corrected chi connectivity index (χ0v) is 7.80. The molecule has 1 atom stereocenters. The second-order valence-corrected chi connectivity index (χ2v) is 3.60. The van der Waals surface area contributed by atoms with Crippen LogP contribution >= 0.6 is 0 Å². The van der Waals surface area contributed by atoms with Gasteiger partial charge in [-0.3, -0.25) is 4.79 Å². The van der Waals surface area contributed by atoms with Gasteiger partial charge in [-0.15, -0.1) is 0 Å². The van der Waals surface area contributed by atoms with Gasteiger partial charge in [0.2, 0.25) is 0 Å². The topological polar surface area (TPSA) is 26.3 Å². The molecule has 0 unspecified atom stereocenters. The van der Waals surface area contributed by atoms with Gasteiger partial charge < -0.3 is 4.74 Å². The molecule has 0 N–H and O–H groups in total. The van der Waals surface area contributed by atoms with Gasteiger partial charge in [0.25, 0.3) is 6.47 Å². The number of hydrogen-bond donors (Lipinski definition) is 0. The molecule has 0 saturated carbocycles. The van der Waals surface area contributed by atoms with Crippen LogP contribution in [0.25, 0.3) is 0 Å². The predicted molar refractivity (Wildman–Crippen MR) is 47.7 cm³/mol. The predicted octanol–water partition coefficient (Wildman–Crippen LogP) is 2.30. The van der Waals surface area contributed by atoms with E-state index in [0.717, 1.165) is 12.8 Å². The summed E-state index contributed by atoms with van der Waals surface area (Å²) in [4.78, 5) is 9.96. The standard InChI is InChI=1S/C10H16O2/c1-8-3-4-10(5-9(8)2)6-12-7-11/h7,10H,3-6H2,1-2H3/t10-/m1/s1. The van der Waals surface area contributed by atoms with Gasteiger partial charge in [0.1, 0.15) is 0 Å². The zero-order valence-electron chi connectivity index (χ0n) is 7.80. The average Bonchev–Trinajstić information content (AvgIpc) is 2.07. The summed E-state index contributed by atoms with van der Waals surface area (Å²) >= 11 is 0. The fraction of sp³-hybridized carbons (Fsp3) is 0.700. The van der Waals surface area contributed by atoms with E-state index < -0.39 is 0 Å². The lowest BCUT2D eigenvalue weighted by molar-refractivity contribution is -0.130. The number of carbonyl (C=O) groups excluding carboxylic acids is 1. The summed E-state index contributed by atoms with van der Waals surface area (Å²) in [6, 6.07) is 0. The Morgan fingerprint density at radius 1 is 1.50 bits per heavy atom. The number of carbonyl (C=O) groups is 1. The molecule has 0 aliphatic heterocycles. The summed E-state index contributed by atoms with van der Waals surface area (Å²) < 4.78 is 4.75. The number of ether oxygens (including phenoxy) is 1. The molecule has 0 aromatic rings. The molecule has 12 heavy (non-hydrogen) atoms. The monoisotopic (exact) mass is 168 g/mol. The van der Waals surface area contributed by atoms with Crippen molar-refractivity contribution in [1.82, 2.24) is 0 Å². The quantitative estimate of drug-likeness (QED) is 0.477. The van der Waals surface area contributed by atoms with Crippen LogP contribution in [0, 0.1) is 5.92 Å². The largest absolute Gasteiger partial charge is 0.468 e. The molecule has 0 spiro atoms. The maximum Gasteiger partial charge on any atom is 0.293 e. The summed E-state index contributed by atoms with van der Waals surface area (Å²) in [6.45, 7) is 5.49. The molecule has 1 rings (SSSR count). The highest BCUT2D eigenvalue weighted by Crippen LogP contribution is 2.28. The van der Waals surface area contributed by atoms with Gasteiger partial charge in [-0.1, -0.05) is 11.1 Å². The molecule has 68 valence electrons. The van der Waals surface area contributed by atoms with Gasteiger partial charge in [-0.25, -0.2) is 0 Å². The van der Waals surface area contributed by atoms with Crippen LogP contribution in [-0.2, 0) is 9.53 Å². The van der Waals surface area contributed by atoms with Crippen LogP contribution in [0.3, 0.4) is 0 Å². The van der Waals surface area contributed by atoms with Crippen molar-refractivity contribution in [2.75, 3.05) is 6.61 Å². The van der Waals surface area contributed by atoms with Crippen molar-refractivity contribution >= 4 is 6.47 Å². The van der Waals surface area contributed by atoms with E-state index in [1.807, 2.05) is 0 Å². The van der Waals surface area contributed by atoms with Crippen molar-refractivity contribution in [3.63, 3.8) is 0 Å². The average molecular weight is 168 g/mol. The molecule has 2 heteroatoms. The molecular formula is C10H16O2. The van der Waals surface area contributed by atoms with Crippen LogP contribution in [-0.4, -0.2) is 13.1 Å². The highest BCUT2D eigenvalue weighted by Gasteiger charge is 2.16. The van der Waals surface area contributed by atoms with Crippen LogP contribution in [0.4, 0.5) is 0 Å². The molecule has 0 fully saturated rings. The fourth-order valence-electron chi connectivity index (χ4n) is 1.66. The Hall–Kier alpha value is -0.790. The third-order valence-electron chi connectivity index (χ3n) is 2.65. The summed E-state index contributed by atoms with van der Waals surface area (Å²) in [6.07, 6.45) is 3.43. The first-order chi connectivity index (χ1) is 5.74. The van der Waals surface area contributed by atoms with Gasteiger partial charge in [0, 0.05) is 0 Å². The van der Waals surface area contributed by atoms with E-state index in [1.54, 1.807) is 0 Å². The molecule has 0 aromatic carbocycles. The summed E-state index contributed by atoms with van der Waals surface area (Å²) in [5, 5.41) is 0. The van der Waals surface area contributed by atoms with E-state index >= 15 is 0 Å². The minimum atomic E-state index is 0.542. The maximum absolute atomic E-state index is 9.96. The number of hydrogen-bond acceptors (Lipinski definition) is 2. The molecule has 0 radical (unpaired) electrons. The zero-order chi connectivity index (χ0) is 8.97. The SMILES string of the molecule is CC1=C(C)C[C@H](COC=O)CC1. The minimum absolute atomic E-state index is 0.542. The Bertz CT molecular complexity index is 192. The van der Waals surface area contributed by atoms with E-state index in [-0.39, 0.29) is 0 Å². The van der Waals surface area contributed by atoms with Crippen LogP contribution in [0.15, 0.2) is 11.1 Å². The van der Waals surface area contributed by atoms with Gasteiger partial charge in [0.05, 0.1) is 6.61 Å². The van der Waals surface area contributed by atoms with Crippen LogP contribution < -0.4 is 0 Å². The lowest BCUT2D eigenvalue weighted by atomic mass is 9.86. The molecule has 0 aromatic heterocycles. The van der Waals surface area contributed by atoms with Crippen LogP contribution in [0.5, 0.6) is 0 Å². The van der Waals surface area contributed by atoms with Gasteiger partial charge in [-0.2, -0.15) is 0 Å². The normalized spacial score (nSPS) is 24.0. The molecule has 0 bridgehead atoms. The molecule has 0 saturated heterocycles. The second kappa shape index (κ2) is 4.29. The Balaban J connectivity index is 2.38. The highest BCUT2D eigenvalue weighted by atomic mass is 16.5. The third kappa shape index (κ3) is 2.36. The minimum Gasteiger partial charge on any atom is -0.468 e. The van der Waals surface area contributed by atoms with Gasteiger partial charge >= 0.3 is 0 Å². The van der Waals surface area contributed by atoms with Crippen LogP contribution in [0.1, 0.15) is 33.1 Å². The molecule has 2 nitrogen and oxygen atoms in total. The Morgan fingerprint density at radius 2 is 2.25 bits per heavy atom.